The van der Waals surface area contributed by atoms with Crippen LogP contribution in [0.1, 0.15) is 77.1 Å². The molecule has 7 rings (SSSR count). The van der Waals surface area contributed by atoms with Gasteiger partial charge in [0.15, 0.2) is 17.5 Å². The second kappa shape index (κ2) is 16.5. The van der Waals surface area contributed by atoms with Crippen LogP contribution < -0.4 is 19.9 Å². The van der Waals surface area contributed by atoms with Crippen LogP contribution >= 0.6 is 12.2 Å². The average molecular weight is 863 g/mol. The fourth-order valence-electron chi connectivity index (χ4n) is 8.01. The third kappa shape index (κ3) is 8.21. The van der Waals surface area contributed by atoms with Gasteiger partial charge in [-0.25, -0.2) is 4.39 Å². The number of carbonyl (C=O) groups is 6. The smallest absolute Gasteiger partial charge is 0.420 e. The van der Waals surface area contributed by atoms with Crippen molar-refractivity contribution >= 4 is 64.1 Å². The number of carbonyl (C=O) groups excluding carboxylic acids is 6. The molecule has 0 aliphatic carbocycles. The number of pyridine rings is 1. The Bertz CT molecular complexity index is 2400. The number of nitrogens with zero attached hydrogens (tertiary/aromatic N) is 7. The number of ether oxygens (including phenoxy) is 1. The second-order valence-corrected chi connectivity index (χ2v) is 15.8. The van der Waals surface area contributed by atoms with Crippen LogP contribution in [-0.2, 0) is 31.8 Å². The van der Waals surface area contributed by atoms with Crippen LogP contribution in [0.5, 0.6) is 5.75 Å². The van der Waals surface area contributed by atoms with Crippen LogP contribution in [0.15, 0.2) is 48.7 Å². The number of nitriles is 1. The van der Waals surface area contributed by atoms with Crippen molar-refractivity contribution < 1.29 is 51.1 Å². The summed E-state index contributed by atoms with van der Waals surface area (Å²) in [6, 6.07) is 10.2. The Hall–Kier alpha value is -6.49. The van der Waals surface area contributed by atoms with Gasteiger partial charge >= 0.3 is 6.18 Å². The zero-order valence-corrected chi connectivity index (χ0v) is 33.7. The molecule has 6 amide bonds. The van der Waals surface area contributed by atoms with Gasteiger partial charge in [-0.05, 0) is 81.7 Å². The van der Waals surface area contributed by atoms with Gasteiger partial charge in [0.1, 0.15) is 17.4 Å². The number of benzene rings is 2. The number of thiocarbonyl (C=S) groups is 1. The average Bonchev–Trinajstić information content (AvgIpc) is 3.62. The quantitative estimate of drug-likeness (QED) is 0.177. The first-order chi connectivity index (χ1) is 28.9. The summed E-state index contributed by atoms with van der Waals surface area (Å²) in [5.74, 6) is -4.74. The number of hydrogen-bond donors (Lipinski definition) is 1. The lowest BCUT2D eigenvalue weighted by atomic mass is 10.0. The van der Waals surface area contributed by atoms with Gasteiger partial charge in [0, 0.05) is 51.3 Å². The normalized spacial score (nSPS) is 19.0. The molecule has 20 heteroatoms. The van der Waals surface area contributed by atoms with Crippen molar-refractivity contribution in [2.75, 3.05) is 49.1 Å². The summed E-state index contributed by atoms with van der Waals surface area (Å²) in [5.41, 5.74) is -2.47. The maximum Gasteiger partial charge on any atom is 0.420 e. The summed E-state index contributed by atoms with van der Waals surface area (Å²) in [6.45, 7) is 4.31. The number of rotatable bonds is 10. The number of imide groups is 2. The number of piperidine rings is 1. The predicted molar refractivity (Wildman–Crippen MR) is 212 cm³/mol. The molecule has 1 unspecified atom stereocenters. The molecule has 0 radical (unpaired) electrons. The molecular weight excluding hydrogens is 825 g/mol. The Morgan fingerprint density at radius 2 is 1.70 bits per heavy atom. The van der Waals surface area contributed by atoms with Crippen LogP contribution in [0.2, 0.25) is 0 Å². The molecular formula is C41H38F4N8O7S. The van der Waals surface area contributed by atoms with E-state index in [0.29, 0.717) is 37.3 Å². The zero-order valence-electron chi connectivity index (χ0n) is 32.9. The molecule has 318 valence electrons. The predicted octanol–water partition coefficient (Wildman–Crippen LogP) is 3.97. The number of nitrogens with one attached hydrogen (secondary N) is 1. The molecule has 1 aromatic heterocycles. The summed E-state index contributed by atoms with van der Waals surface area (Å²) in [4.78, 5) is 88.1. The summed E-state index contributed by atoms with van der Waals surface area (Å²) in [7, 11) is 0. The third-order valence-electron chi connectivity index (χ3n) is 11.0. The maximum absolute atomic E-state index is 15.3. The van der Waals surface area contributed by atoms with E-state index in [0.717, 1.165) is 17.0 Å². The summed E-state index contributed by atoms with van der Waals surface area (Å²) < 4.78 is 62.2. The maximum atomic E-state index is 15.3. The Labute approximate surface area is 351 Å². The standard InChI is InChI=1S/C41H38F4N8O7S/c1-40(2)22-51(27-12-9-23(19-46)34(35(27)42)41(43,44)45)39(61)53(40)25-11-10-24(47-20-25)5-3-8-31(55)49-15-17-50(18-16-49)32(56)21-60-29-7-4-6-26-33(29)38(59)52(37(26)58)28-13-14-30(54)48-36(28)57/h4,6-7,9-12,20,28H,3,5,8,13-18,21-22H2,1-2H3,(H,48,54,57). The van der Waals surface area contributed by atoms with Crippen LogP contribution in [0, 0.1) is 17.1 Å². The van der Waals surface area contributed by atoms with Crippen molar-refractivity contribution in [3.63, 3.8) is 0 Å². The molecule has 3 saturated heterocycles. The van der Waals surface area contributed by atoms with Crippen molar-refractivity contribution in [2.45, 2.75) is 63.7 Å². The molecule has 2 aromatic carbocycles. The van der Waals surface area contributed by atoms with E-state index in [1.54, 1.807) is 42.0 Å². The third-order valence-corrected chi connectivity index (χ3v) is 11.4. The number of anilines is 2. The number of hydrogen-bond acceptors (Lipinski definition) is 10. The van der Waals surface area contributed by atoms with E-state index >= 15 is 4.39 Å². The number of aryl methyl sites for hydroxylation is 1. The fourth-order valence-corrected chi connectivity index (χ4v) is 8.53. The van der Waals surface area contributed by atoms with Crippen molar-refractivity contribution in [3.05, 3.63) is 82.4 Å². The molecule has 3 fully saturated rings. The van der Waals surface area contributed by atoms with Gasteiger partial charge in [-0.3, -0.25) is 44.0 Å². The minimum Gasteiger partial charge on any atom is -0.483 e. The van der Waals surface area contributed by atoms with E-state index in [1.807, 2.05) is 0 Å². The fraction of sp³-hybridized carbons (Fsp3) is 0.390. The molecule has 1 atom stereocenters. The van der Waals surface area contributed by atoms with Gasteiger partial charge in [0.25, 0.3) is 17.7 Å². The largest absolute Gasteiger partial charge is 0.483 e. The SMILES string of the molecule is CC1(C)CN(c2ccc(C#N)c(C(F)(F)F)c2F)C(=S)N1c1ccc(CCCC(=O)N2CCN(C(=O)COc3cccc4c3C(=O)N(C3CCC(=O)NC3=O)C4=O)CC2)nc1. The van der Waals surface area contributed by atoms with E-state index in [4.69, 9.17) is 22.2 Å². The van der Waals surface area contributed by atoms with E-state index in [9.17, 15) is 41.9 Å². The Morgan fingerprint density at radius 3 is 2.34 bits per heavy atom. The molecule has 0 spiro atoms. The summed E-state index contributed by atoms with van der Waals surface area (Å²) >= 11 is 5.63. The van der Waals surface area contributed by atoms with E-state index in [1.165, 1.54) is 34.1 Å². The van der Waals surface area contributed by atoms with Gasteiger partial charge in [-0.15, -0.1) is 0 Å². The van der Waals surface area contributed by atoms with E-state index < -0.39 is 70.6 Å². The van der Waals surface area contributed by atoms with Gasteiger partial charge in [0.2, 0.25) is 17.7 Å². The van der Waals surface area contributed by atoms with Crippen LogP contribution in [0.3, 0.4) is 0 Å². The van der Waals surface area contributed by atoms with Gasteiger partial charge in [0.05, 0.1) is 45.9 Å². The Morgan fingerprint density at radius 1 is 1.00 bits per heavy atom. The Kier molecular flexibility index (Phi) is 11.5. The summed E-state index contributed by atoms with van der Waals surface area (Å²) in [5, 5.41) is 11.4. The van der Waals surface area contributed by atoms with E-state index in [-0.39, 0.29) is 72.7 Å². The number of halogens is 4. The lowest BCUT2D eigenvalue weighted by Crippen LogP contribution is -2.54. The molecule has 0 saturated carbocycles. The highest BCUT2D eigenvalue weighted by Crippen LogP contribution is 2.41. The second-order valence-electron chi connectivity index (χ2n) is 15.5. The molecule has 4 aliphatic rings. The highest BCUT2D eigenvalue weighted by atomic mass is 32.1. The topological polar surface area (TPSA) is 177 Å². The molecule has 61 heavy (non-hydrogen) atoms. The first-order valence-electron chi connectivity index (χ1n) is 19.3. The minimum absolute atomic E-state index is 0.00167. The van der Waals surface area contributed by atoms with Crippen LogP contribution in [-0.4, -0.2) is 111 Å². The highest BCUT2D eigenvalue weighted by molar-refractivity contribution is 7.80. The monoisotopic (exact) mass is 862 g/mol. The first-order valence-corrected chi connectivity index (χ1v) is 19.7. The zero-order chi connectivity index (χ0) is 44.0. The molecule has 5 heterocycles. The minimum atomic E-state index is -5.09. The molecule has 3 aromatic rings. The number of fused-ring (bicyclic) bond motifs is 1. The number of amides is 6. The lowest BCUT2D eigenvalue weighted by Gasteiger charge is -2.34. The first kappa shape index (κ1) is 42.6. The van der Waals surface area contributed by atoms with Crippen molar-refractivity contribution in [2.24, 2.45) is 0 Å². The van der Waals surface area contributed by atoms with Crippen molar-refractivity contribution in [1.82, 2.24) is 25.0 Å². The van der Waals surface area contributed by atoms with Crippen LogP contribution in [0.25, 0.3) is 0 Å². The van der Waals surface area contributed by atoms with Gasteiger partial charge < -0.3 is 24.3 Å². The molecule has 4 aliphatic heterocycles. The summed E-state index contributed by atoms with van der Waals surface area (Å²) in [6.07, 6.45) is -2.40. The number of piperazine rings is 1. The van der Waals surface area contributed by atoms with Crippen LogP contribution in [0.4, 0.5) is 28.9 Å². The molecule has 0 bridgehead atoms. The van der Waals surface area contributed by atoms with Crippen molar-refractivity contribution in [1.29, 1.82) is 5.26 Å². The lowest BCUT2D eigenvalue weighted by molar-refractivity contribution is -0.140. The van der Waals surface area contributed by atoms with Gasteiger partial charge in [-0.1, -0.05) is 6.07 Å². The molecule has 1 N–H and O–H groups in total. The Balaban J connectivity index is 0.879. The van der Waals surface area contributed by atoms with Crippen molar-refractivity contribution in [3.8, 4) is 11.8 Å². The van der Waals surface area contributed by atoms with E-state index in [2.05, 4.69) is 10.3 Å². The highest BCUT2D eigenvalue weighted by Gasteiger charge is 2.47. The van der Waals surface area contributed by atoms with Gasteiger partial charge in [-0.2, -0.15) is 18.4 Å². The molecule has 15 nitrogen and oxygen atoms in total. The number of alkyl halides is 3. The number of aromatic nitrogens is 1.